The molecule has 0 aliphatic rings. The molecule has 0 fully saturated rings. The highest BCUT2D eigenvalue weighted by atomic mass is 14.9. The first kappa shape index (κ1) is 8.21. The number of nitrogens with one attached hydrogen (secondary N) is 1. The van der Waals surface area contributed by atoms with Gasteiger partial charge in [0.15, 0.2) is 0 Å². The zero-order valence-corrected chi connectivity index (χ0v) is 7.04. The Balaban J connectivity index is 2.61. The van der Waals surface area contributed by atoms with Crippen LogP contribution in [0, 0.1) is 0 Å². The SMILES string of the molecule is CCNC(C)c1ccncc1. The molecule has 1 rings (SSSR count). The van der Waals surface area contributed by atoms with E-state index in [4.69, 9.17) is 0 Å². The summed E-state index contributed by atoms with van der Waals surface area (Å²) in [5.74, 6) is 0. The van der Waals surface area contributed by atoms with Gasteiger partial charge in [0.05, 0.1) is 0 Å². The lowest BCUT2D eigenvalue weighted by Gasteiger charge is -2.11. The fourth-order valence-electron chi connectivity index (χ4n) is 1.08. The number of hydrogen-bond acceptors (Lipinski definition) is 2. The van der Waals surface area contributed by atoms with E-state index in [1.807, 2.05) is 24.5 Å². The van der Waals surface area contributed by atoms with Crippen molar-refractivity contribution in [3.05, 3.63) is 30.1 Å². The molecule has 0 amide bonds. The third kappa shape index (κ3) is 2.31. The maximum Gasteiger partial charge on any atom is 0.0292 e. The predicted octanol–water partition coefficient (Wildman–Crippen LogP) is 1.75. The van der Waals surface area contributed by atoms with Crippen molar-refractivity contribution >= 4 is 0 Å². The molecule has 1 aromatic rings. The molecule has 0 radical (unpaired) electrons. The summed E-state index contributed by atoms with van der Waals surface area (Å²) >= 11 is 0. The van der Waals surface area contributed by atoms with Gasteiger partial charge in [-0.15, -0.1) is 0 Å². The molecule has 0 aromatic carbocycles. The number of pyridine rings is 1. The monoisotopic (exact) mass is 150 g/mol. The van der Waals surface area contributed by atoms with Gasteiger partial charge >= 0.3 is 0 Å². The predicted molar refractivity (Wildman–Crippen MR) is 46.3 cm³/mol. The molecule has 1 aromatic heterocycles. The van der Waals surface area contributed by atoms with Crippen LogP contribution in [-0.4, -0.2) is 11.5 Å². The van der Waals surface area contributed by atoms with Gasteiger partial charge in [-0.25, -0.2) is 0 Å². The molecule has 0 aliphatic carbocycles. The van der Waals surface area contributed by atoms with E-state index >= 15 is 0 Å². The number of nitrogens with zero attached hydrogens (tertiary/aromatic N) is 1. The Morgan fingerprint density at radius 1 is 1.45 bits per heavy atom. The van der Waals surface area contributed by atoms with Crippen molar-refractivity contribution in [2.24, 2.45) is 0 Å². The van der Waals surface area contributed by atoms with Crippen LogP contribution in [0.25, 0.3) is 0 Å². The normalized spacial score (nSPS) is 12.9. The van der Waals surface area contributed by atoms with Crippen molar-refractivity contribution in [3.63, 3.8) is 0 Å². The Morgan fingerprint density at radius 2 is 2.09 bits per heavy atom. The third-order valence-electron chi connectivity index (χ3n) is 1.72. The van der Waals surface area contributed by atoms with Gasteiger partial charge in [0, 0.05) is 18.4 Å². The molecule has 1 N–H and O–H groups in total. The molecule has 11 heavy (non-hydrogen) atoms. The van der Waals surface area contributed by atoms with Gasteiger partial charge in [0.2, 0.25) is 0 Å². The first-order valence-corrected chi connectivity index (χ1v) is 3.98. The van der Waals surface area contributed by atoms with E-state index in [9.17, 15) is 0 Å². The molecule has 0 saturated heterocycles. The average Bonchev–Trinajstić information content (AvgIpc) is 2.07. The van der Waals surface area contributed by atoms with Crippen molar-refractivity contribution in [2.45, 2.75) is 19.9 Å². The zero-order valence-electron chi connectivity index (χ0n) is 7.04. The molecule has 0 saturated carbocycles. The summed E-state index contributed by atoms with van der Waals surface area (Å²) in [6.45, 7) is 5.26. The van der Waals surface area contributed by atoms with E-state index in [0.717, 1.165) is 6.54 Å². The molecule has 2 heteroatoms. The van der Waals surface area contributed by atoms with Gasteiger partial charge in [0.25, 0.3) is 0 Å². The highest BCUT2D eigenvalue weighted by molar-refractivity contribution is 5.13. The fourth-order valence-corrected chi connectivity index (χ4v) is 1.08. The van der Waals surface area contributed by atoms with Gasteiger partial charge in [-0.05, 0) is 31.2 Å². The molecule has 2 nitrogen and oxygen atoms in total. The van der Waals surface area contributed by atoms with E-state index in [0.29, 0.717) is 6.04 Å². The zero-order chi connectivity index (χ0) is 8.10. The van der Waals surface area contributed by atoms with Crippen LogP contribution in [0.4, 0.5) is 0 Å². The molecule has 0 bridgehead atoms. The van der Waals surface area contributed by atoms with Crippen LogP contribution >= 0.6 is 0 Å². The van der Waals surface area contributed by atoms with E-state index in [1.165, 1.54) is 5.56 Å². The van der Waals surface area contributed by atoms with Crippen LogP contribution in [0.1, 0.15) is 25.5 Å². The Hall–Kier alpha value is -0.890. The lowest BCUT2D eigenvalue weighted by molar-refractivity contribution is 0.597. The van der Waals surface area contributed by atoms with Gasteiger partial charge in [0.1, 0.15) is 0 Å². The van der Waals surface area contributed by atoms with E-state index < -0.39 is 0 Å². The molecular formula is C9H14N2. The summed E-state index contributed by atoms with van der Waals surface area (Å²) in [6.07, 6.45) is 3.65. The molecule has 60 valence electrons. The van der Waals surface area contributed by atoms with Crippen LogP contribution in [0.5, 0.6) is 0 Å². The van der Waals surface area contributed by atoms with Crippen molar-refractivity contribution < 1.29 is 0 Å². The lowest BCUT2D eigenvalue weighted by atomic mass is 10.1. The minimum absolute atomic E-state index is 0.433. The maximum absolute atomic E-state index is 3.96. The first-order valence-electron chi connectivity index (χ1n) is 3.98. The van der Waals surface area contributed by atoms with E-state index in [1.54, 1.807) is 0 Å². The molecule has 1 heterocycles. The van der Waals surface area contributed by atoms with Crippen molar-refractivity contribution in [3.8, 4) is 0 Å². The van der Waals surface area contributed by atoms with Crippen LogP contribution in [0.15, 0.2) is 24.5 Å². The molecular weight excluding hydrogens is 136 g/mol. The van der Waals surface area contributed by atoms with Crippen LogP contribution in [0.3, 0.4) is 0 Å². The first-order chi connectivity index (χ1) is 5.34. The summed E-state index contributed by atoms with van der Waals surface area (Å²) in [4.78, 5) is 3.96. The smallest absolute Gasteiger partial charge is 0.0292 e. The second-order valence-corrected chi connectivity index (χ2v) is 2.56. The minimum Gasteiger partial charge on any atom is -0.310 e. The maximum atomic E-state index is 3.96. The largest absolute Gasteiger partial charge is 0.310 e. The lowest BCUT2D eigenvalue weighted by Crippen LogP contribution is -2.17. The number of hydrogen-bond donors (Lipinski definition) is 1. The second kappa shape index (κ2) is 4.09. The van der Waals surface area contributed by atoms with E-state index in [2.05, 4.69) is 24.1 Å². The molecule has 1 unspecified atom stereocenters. The summed E-state index contributed by atoms with van der Waals surface area (Å²) in [6, 6.07) is 4.50. The number of rotatable bonds is 3. The highest BCUT2D eigenvalue weighted by Crippen LogP contribution is 2.08. The minimum atomic E-state index is 0.433. The topological polar surface area (TPSA) is 24.9 Å². The summed E-state index contributed by atoms with van der Waals surface area (Å²) in [7, 11) is 0. The summed E-state index contributed by atoms with van der Waals surface area (Å²) < 4.78 is 0. The van der Waals surface area contributed by atoms with Gasteiger partial charge in [-0.3, -0.25) is 4.98 Å². The second-order valence-electron chi connectivity index (χ2n) is 2.56. The van der Waals surface area contributed by atoms with Crippen LogP contribution in [0.2, 0.25) is 0 Å². The Labute approximate surface area is 67.7 Å². The Kier molecular flexibility index (Phi) is 3.05. The fraction of sp³-hybridized carbons (Fsp3) is 0.444. The van der Waals surface area contributed by atoms with E-state index in [-0.39, 0.29) is 0 Å². The quantitative estimate of drug-likeness (QED) is 0.710. The molecule has 0 aliphatic heterocycles. The van der Waals surface area contributed by atoms with Crippen LogP contribution < -0.4 is 5.32 Å². The third-order valence-corrected chi connectivity index (χ3v) is 1.72. The van der Waals surface area contributed by atoms with Crippen molar-refractivity contribution in [1.29, 1.82) is 0 Å². The highest BCUT2D eigenvalue weighted by Gasteiger charge is 2.00. The summed E-state index contributed by atoms with van der Waals surface area (Å²) in [5, 5.41) is 3.33. The average molecular weight is 150 g/mol. The summed E-state index contributed by atoms with van der Waals surface area (Å²) in [5.41, 5.74) is 1.29. The van der Waals surface area contributed by atoms with Gasteiger partial charge < -0.3 is 5.32 Å². The molecule has 0 spiro atoms. The standard InChI is InChI=1S/C9H14N2/c1-3-11-8(2)9-4-6-10-7-5-9/h4-8,11H,3H2,1-2H3. The van der Waals surface area contributed by atoms with Crippen molar-refractivity contribution in [2.75, 3.05) is 6.54 Å². The Bertz CT molecular complexity index is 196. The number of aromatic nitrogens is 1. The van der Waals surface area contributed by atoms with Crippen LogP contribution in [-0.2, 0) is 0 Å². The van der Waals surface area contributed by atoms with Crippen molar-refractivity contribution in [1.82, 2.24) is 10.3 Å². The van der Waals surface area contributed by atoms with Gasteiger partial charge in [-0.2, -0.15) is 0 Å². The Morgan fingerprint density at radius 3 is 2.64 bits per heavy atom. The molecule has 1 atom stereocenters. The van der Waals surface area contributed by atoms with Gasteiger partial charge in [-0.1, -0.05) is 6.92 Å².